The van der Waals surface area contributed by atoms with E-state index in [1.54, 1.807) is 18.3 Å². The number of nitrogens with one attached hydrogen (secondary N) is 7. The number of urea groups is 1. The minimum atomic E-state index is -1.52. The van der Waals surface area contributed by atoms with Crippen molar-refractivity contribution in [2.75, 3.05) is 18.5 Å². The SMILES string of the molecule is NNc1ccc(C(=O)NCC2CCC(C(=O)N[C@H](Cc3c[nH]c4ccccc34)C(=O)NCCCC[C@H](NC(=O)N[C@@H](CCC(=O)O)C(=O)O)C(=O)O)CC2)cn1. The molecule has 0 spiro atoms. The number of nitrogens with two attached hydrogens (primary N) is 1. The summed E-state index contributed by atoms with van der Waals surface area (Å²) in [6.07, 6.45) is 5.70. The maximum absolute atomic E-state index is 13.5. The number of H-pyrrole nitrogens is 1. The predicted molar refractivity (Wildman–Crippen MR) is 202 cm³/mol. The van der Waals surface area contributed by atoms with Gasteiger partial charge in [0.2, 0.25) is 11.8 Å². The molecule has 3 aromatic rings. The van der Waals surface area contributed by atoms with Crippen molar-refractivity contribution in [2.45, 2.75) is 82.3 Å². The zero-order chi connectivity index (χ0) is 40.6. The fourth-order valence-corrected chi connectivity index (χ4v) is 6.55. The second kappa shape index (κ2) is 21.0. The van der Waals surface area contributed by atoms with Crippen molar-refractivity contribution in [1.29, 1.82) is 0 Å². The van der Waals surface area contributed by atoms with Gasteiger partial charge in [0.05, 0.1) is 5.56 Å². The summed E-state index contributed by atoms with van der Waals surface area (Å²) in [5.41, 5.74) is 4.54. The smallest absolute Gasteiger partial charge is 0.326 e. The molecule has 19 heteroatoms. The number of hydrogen-bond acceptors (Lipinski definition) is 10. The third-order valence-corrected chi connectivity index (χ3v) is 9.75. The van der Waals surface area contributed by atoms with E-state index in [9.17, 15) is 43.8 Å². The van der Waals surface area contributed by atoms with E-state index < -0.39 is 54.4 Å². The Labute approximate surface area is 321 Å². The number of nitrogens with zero attached hydrogens (tertiary/aromatic N) is 1. The van der Waals surface area contributed by atoms with Crippen LogP contribution in [0.3, 0.4) is 0 Å². The topological polar surface area (TPSA) is 307 Å². The molecule has 0 radical (unpaired) electrons. The number of amides is 5. The van der Waals surface area contributed by atoms with Crippen LogP contribution in [0.5, 0.6) is 0 Å². The summed E-state index contributed by atoms with van der Waals surface area (Å²) in [5.74, 6) is 0.652. The molecule has 12 N–H and O–H groups in total. The third-order valence-electron chi connectivity index (χ3n) is 9.75. The summed E-state index contributed by atoms with van der Waals surface area (Å²) in [6.45, 7) is 0.598. The van der Waals surface area contributed by atoms with E-state index in [0.29, 0.717) is 50.0 Å². The first kappa shape index (κ1) is 42.5. The van der Waals surface area contributed by atoms with Crippen molar-refractivity contribution >= 4 is 58.4 Å². The number of hydrogen-bond donors (Lipinski definition) is 11. The molecule has 2 aromatic heterocycles. The maximum atomic E-state index is 13.5. The average molecular weight is 780 g/mol. The van der Waals surface area contributed by atoms with Gasteiger partial charge in [-0.3, -0.25) is 19.2 Å². The Morgan fingerprint density at radius 2 is 1.52 bits per heavy atom. The first-order valence-corrected chi connectivity index (χ1v) is 18.4. The summed E-state index contributed by atoms with van der Waals surface area (Å²) in [7, 11) is 0. The lowest BCUT2D eigenvalue weighted by molar-refractivity contribution is -0.141. The predicted octanol–water partition coefficient (Wildman–Crippen LogP) is 1.47. The number of unbranched alkanes of at least 4 members (excludes halogenated alkanes) is 1. The molecule has 0 aliphatic heterocycles. The standard InChI is InChI=1S/C37H49N9O10/c38-46-30-14-12-23(19-41-30)32(49)42-18-21-8-10-22(11-9-21)33(50)43-29(17-24-20-40-26-6-2-1-5-25(24)26)34(51)39-16-4-3-7-27(35(52)53)44-37(56)45-28(36(54)55)13-15-31(47)48/h1-2,5-6,12,14,19-22,27-29,40H,3-4,7-11,13,15-18,38H2,(H,39,51)(H,41,46)(H,42,49)(H,43,50)(H,47,48)(H,52,53)(H,54,55)(H2,44,45,56)/t21?,22?,27-,28-,29+/m0/s1. The van der Waals surface area contributed by atoms with Crippen LogP contribution in [0.15, 0.2) is 48.8 Å². The van der Waals surface area contributed by atoms with Crippen LogP contribution in [0.2, 0.25) is 0 Å². The number of carboxylic acid groups (broad SMARTS) is 3. The number of aromatic nitrogens is 2. The monoisotopic (exact) mass is 779 g/mol. The molecule has 3 atom stereocenters. The molecule has 1 fully saturated rings. The second-order valence-electron chi connectivity index (χ2n) is 13.7. The number of benzene rings is 1. The van der Waals surface area contributed by atoms with Gasteiger partial charge in [-0.1, -0.05) is 18.2 Å². The quantitative estimate of drug-likeness (QED) is 0.0415. The zero-order valence-electron chi connectivity index (χ0n) is 30.7. The number of anilines is 1. The van der Waals surface area contributed by atoms with Crippen molar-refractivity contribution in [3.8, 4) is 0 Å². The van der Waals surface area contributed by atoms with Crippen LogP contribution in [0.1, 0.15) is 73.7 Å². The summed E-state index contributed by atoms with van der Waals surface area (Å²) in [4.78, 5) is 93.2. The number of pyridine rings is 1. The van der Waals surface area contributed by atoms with Gasteiger partial charge in [0.25, 0.3) is 5.91 Å². The van der Waals surface area contributed by atoms with Crippen LogP contribution in [0, 0.1) is 11.8 Å². The highest BCUT2D eigenvalue weighted by Gasteiger charge is 2.31. The molecule has 5 amide bonds. The Hall–Kier alpha value is -6.24. The highest BCUT2D eigenvalue weighted by atomic mass is 16.4. The molecule has 1 aliphatic rings. The van der Waals surface area contributed by atoms with Gasteiger partial charge in [-0.2, -0.15) is 0 Å². The summed E-state index contributed by atoms with van der Waals surface area (Å²) < 4.78 is 0. The van der Waals surface area contributed by atoms with Crippen LogP contribution in [0.25, 0.3) is 10.9 Å². The van der Waals surface area contributed by atoms with E-state index in [4.69, 9.17) is 10.9 Å². The van der Waals surface area contributed by atoms with Crippen LogP contribution in [-0.2, 0) is 30.4 Å². The summed E-state index contributed by atoms with van der Waals surface area (Å²) >= 11 is 0. The number of aliphatic carboxylic acids is 3. The van der Waals surface area contributed by atoms with E-state index in [0.717, 1.165) is 16.5 Å². The Balaban J connectivity index is 1.27. The molecule has 302 valence electrons. The van der Waals surface area contributed by atoms with E-state index in [1.165, 1.54) is 6.20 Å². The van der Waals surface area contributed by atoms with Crippen LogP contribution >= 0.6 is 0 Å². The molecule has 1 aromatic carbocycles. The van der Waals surface area contributed by atoms with Gasteiger partial charge < -0.3 is 52.3 Å². The van der Waals surface area contributed by atoms with E-state index in [-0.39, 0.29) is 55.9 Å². The minimum Gasteiger partial charge on any atom is -0.481 e. The molecule has 1 saturated carbocycles. The van der Waals surface area contributed by atoms with Gasteiger partial charge in [-0.05, 0) is 81.0 Å². The van der Waals surface area contributed by atoms with Gasteiger partial charge in [0.15, 0.2) is 0 Å². The Morgan fingerprint density at radius 1 is 0.821 bits per heavy atom. The second-order valence-corrected chi connectivity index (χ2v) is 13.7. The van der Waals surface area contributed by atoms with Gasteiger partial charge in [-0.25, -0.2) is 25.2 Å². The van der Waals surface area contributed by atoms with Crippen LogP contribution in [-0.4, -0.2) is 98.2 Å². The van der Waals surface area contributed by atoms with E-state index in [1.807, 2.05) is 24.3 Å². The number of carbonyl (C=O) groups excluding carboxylic acids is 4. The summed E-state index contributed by atoms with van der Waals surface area (Å²) in [6, 6.07) is 5.95. The zero-order valence-corrected chi connectivity index (χ0v) is 30.7. The molecule has 4 rings (SSSR count). The average Bonchev–Trinajstić information content (AvgIpc) is 3.60. The van der Waals surface area contributed by atoms with Crippen molar-refractivity contribution in [3.63, 3.8) is 0 Å². The van der Waals surface area contributed by atoms with E-state index in [2.05, 4.69) is 42.0 Å². The highest BCUT2D eigenvalue weighted by Crippen LogP contribution is 2.29. The lowest BCUT2D eigenvalue weighted by Gasteiger charge is -2.29. The molecule has 56 heavy (non-hydrogen) atoms. The first-order chi connectivity index (χ1) is 26.8. The van der Waals surface area contributed by atoms with Crippen molar-refractivity contribution in [1.82, 2.24) is 36.6 Å². The highest BCUT2D eigenvalue weighted by molar-refractivity contribution is 5.94. The largest absolute Gasteiger partial charge is 0.481 e. The van der Waals surface area contributed by atoms with Crippen LogP contribution < -0.4 is 37.9 Å². The molecule has 0 saturated heterocycles. The Kier molecular flexibility index (Phi) is 15.9. The number of fused-ring (bicyclic) bond motifs is 1. The fourth-order valence-electron chi connectivity index (χ4n) is 6.55. The van der Waals surface area contributed by atoms with Gasteiger partial charge in [-0.15, -0.1) is 0 Å². The van der Waals surface area contributed by atoms with Crippen molar-refractivity contribution in [2.24, 2.45) is 17.7 Å². The number of rotatable bonds is 21. The minimum absolute atomic E-state index is 0.0375. The van der Waals surface area contributed by atoms with Crippen LogP contribution in [0.4, 0.5) is 10.6 Å². The van der Waals surface area contributed by atoms with E-state index >= 15 is 0 Å². The number of carbonyl (C=O) groups is 7. The number of carboxylic acids is 3. The lowest BCUT2D eigenvalue weighted by Crippen LogP contribution is -2.51. The number of para-hydroxylation sites is 1. The molecule has 19 nitrogen and oxygen atoms in total. The molecule has 0 unspecified atom stereocenters. The number of nitrogen functional groups attached to an aromatic ring is 1. The first-order valence-electron chi connectivity index (χ1n) is 18.4. The fraction of sp³-hybridized carbons (Fsp3) is 0.459. The number of hydrazine groups is 1. The Bertz CT molecular complexity index is 1840. The molecular formula is C37H49N9O10. The normalized spacial score (nSPS) is 16.7. The van der Waals surface area contributed by atoms with Crippen molar-refractivity contribution < 1.29 is 48.9 Å². The van der Waals surface area contributed by atoms with Gasteiger partial charge >= 0.3 is 23.9 Å². The molecular weight excluding hydrogens is 730 g/mol. The molecule has 2 heterocycles. The van der Waals surface area contributed by atoms with Gasteiger partial charge in [0, 0.05) is 55.1 Å². The van der Waals surface area contributed by atoms with Crippen molar-refractivity contribution in [3.05, 3.63) is 59.9 Å². The summed E-state index contributed by atoms with van der Waals surface area (Å²) in [5, 5.41) is 41.6. The number of aromatic amines is 1. The third kappa shape index (κ3) is 13.0. The molecule has 0 bridgehead atoms. The Morgan fingerprint density at radius 3 is 2.16 bits per heavy atom. The molecule has 1 aliphatic carbocycles. The van der Waals surface area contributed by atoms with Gasteiger partial charge in [0.1, 0.15) is 23.9 Å². The lowest BCUT2D eigenvalue weighted by atomic mass is 9.81. The maximum Gasteiger partial charge on any atom is 0.326 e.